The van der Waals surface area contributed by atoms with Crippen LogP contribution in [0.3, 0.4) is 0 Å². The number of carbonyl (C=O) groups is 2. The van der Waals surface area contributed by atoms with Crippen molar-refractivity contribution < 1.29 is 14.3 Å². The lowest BCUT2D eigenvalue weighted by atomic mass is 10.2. The van der Waals surface area contributed by atoms with E-state index in [2.05, 4.69) is 12.2 Å². The van der Waals surface area contributed by atoms with Crippen molar-refractivity contribution in [1.82, 2.24) is 5.32 Å². The molecule has 0 aliphatic rings. The molecule has 0 aliphatic carbocycles. The van der Waals surface area contributed by atoms with Gasteiger partial charge in [0.05, 0.1) is 16.3 Å². The van der Waals surface area contributed by atoms with Gasteiger partial charge in [-0.15, -0.1) is 0 Å². The molecular formula is C14H19ClN2O3. The van der Waals surface area contributed by atoms with E-state index in [1.165, 1.54) is 18.2 Å². The second-order valence-electron chi connectivity index (χ2n) is 4.37. The first-order valence-corrected chi connectivity index (χ1v) is 6.91. The highest BCUT2D eigenvalue weighted by Gasteiger charge is 2.11. The van der Waals surface area contributed by atoms with Crippen LogP contribution in [0.2, 0.25) is 5.02 Å². The summed E-state index contributed by atoms with van der Waals surface area (Å²) in [6, 6.07) is 4.43. The van der Waals surface area contributed by atoms with Gasteiger partial charge in [-0.25, -0.2) is 4.79 Å². The molecule has 0 saturated heterocycles. The number of ether oxygens (including phenoxy) is 1. The molecule has 3 N–H and O–H groups in total. The topological polar surface area (TPSA) is 81.4 Å². The van der Waals surface area contributed by atoms with Gasteiger partial charge in [-0.1, -0.05) is 31.4 Å². The molecule has 0 radical (unpaired) electrons. The van der Waals surface area contributed by atoms with Gasteiger partial charge >= 0.3 is 5.97 Å². The van der Waals surface area contributed by atoms with Crippen molar-refractivity contribution in [2.75, 3.05) is 18.9 Å². The molecule has 110 valence electrons. The second kappa shape index (κ2) is 8.43. The zero-order chi connectivity index (χ0) is 15.0. The SMILES string of the molecule is CCCCCNC(=O)COC(=O)c1ccc(Cl)c(N)c1. The van der Waals surface area contributed by atoms with E-state index in [1.54, 1.807) is 0 Å². The van der Waals surface area contributed by atoms with Crippen LogP contribution in [0, 0.1) is 0 Å². The number of esters is 1. The summed E-state index contributed by atoms with van der Waals surface area (Å²) in [6.45, 7) is 2.38. The number of carbonyl (C=O) groups excluding carboxylic acids is 2. The molecule has 0 aromatic heterocycles. The maximum absolute atomic E-state index is 11.7. The highest BCUT2D eigenvalue weighted by atomic mass is 35.5. The van der Waals surface area contributed by atoms with E-state index in [4.69, 9.17) is 22.1 Å². The van der Waals surface area contributed by atoms with Gasteiger partial charge in [0.25, 0.3) is 5.91 Å². The van der Waals surface area contributed by atoms with Crippen LogP contribution in [0.1, 0.15) is 36.5 Å². The monoisotopic (exact) mass is 298 g/mol. The Labute approximate surface area is 123 Å². The molecule has 20 heavy (non-hydrogen) atoms. The minimum atomic E-state index is -0.600. The lowest BCUT2D eigenvalue weighted by molar-refractivity contribution is -0.124. The third-order valence-electron chi connectivity index (χ3n) is 2.67. The van der Waals surface area contributed by atoms with Gasteiger partial charge in [-0.05, 0) is 24.6 Å². The maximum Gasteiger partial charge on any atom is 0.338 e. The smallest absolute Gasteiger partial charge is 0.338 e. The number of amides is 1. The number of halogens is 1. The number of anilines is 1. The van der Waals surface area contributed by atoms with Crippen LogP contribution >= 0.6 is 11.6 Å². The van der Waals surface area contributed by atoms with E-state index in [1.807, 2.05) is 0 Å². The maximum atomic E-state index is 11.7. The Balaban J connectivity index is 2.35. The number of unbranched alkanes of at least 4 members (excludes halogenated alkanes) is 2. The molecule has 1 aromatic rings. The van der Waals surface area contributed by atoms with Gasteiger partial charge in [0, 0.05) is 6.54 Å². The third-order valence-corrected chi connectivity index (χ3v) is 3.01. The fourth-order valence-corrected chi connectivity index (χ4v) is 1.66. The lowest BCUT2D eigenvalue weighted by Gasteiger charge is -2.07. The molecule has 1 aromatic carbocycles. The fourth-order valence-electron chi connectivity index (χ4n) is 1.54. The van der Waals surface area contributed by atoms with Crippen molar-refractivity contribution in [3.05, 3.63) is 28.8 Å². The van der Waals surface area contributed by atoms with Crippen molar-refractivity contribution >= 4 is 29.2 Å². The van der Waals surface area contributed by atoms with Crippen LogP contribution in [0.5, 0.6) is 0 Å². The molecule has 0 heterocycles. The highest BCUT2D eigenvalue weighted by molar-refractivity contribution is 6.33. The molecule has 0 spiro atoms. The molecule has 0 aliphatic heterocycles. The van der Waals surface area contributed by atoms with Crippen molar-refractivity contribution in [2.45, 2.75) is 26.2 Å². The van der Waals surface area contributed by atoms with Crippen molar-refractivity contribution in [3.63, 3.8) is 0 Å². The molecule has 0 saturated carbocycles. The molecule has 1 amide bonds. The van der Waals surface area contributed by atoms with E-state index in [9.17, 15) is 9.59 Å². The van der Waals surface area contributed by atoms with Gasteiger partial charge in [-0.3, -0.25) is 4.79 Å². The minimum Gasteiger partial charge on any atom is -0.452 e. The van der Waals surface area contributed by atoms with Crippen LogP contribution < -0.4 is 11.1 Å². The quantitative estimate of drug-likeness (QED) is 0.460. The Morgan fingerprint density at radius 3 is 2.75 bits per heavy atom. The number of benzene rings is 1. The van der Waals surface area contributed by atoms with Crippen molar-refractivity contribution in [1.29, 1.82) is 0 Å². The van der Waals surface area contributed by atoms with Crippen LogP contribution in [-0.4, -0.2) is 25.0 Å². The Morgan fingerprint density at radius 1 is 1.35 bits per heavy atom. The largest absolute Gasteiger partial charge is 0.452 e. The fraction of sp³-hybridized carbons (Fsp3) is 0.429. The summed E-state index contributed by atoms with van der Waals surface area (Å²) in [5.41, 5.74) is 6.16. The normalized spacial score (nSPS) is 10.1. The number of nitrogen functional groups attached to an aromatic ring is 1. The minimum absolute atomic E-state index is 0.269. The average Bonchev–Trinajstić information content (AvgIpc) is 2.44. The Morgan fingerprint density at radius 2 is 2.10 bits per heavy atom. The molecular weight excluding hydrogens is 280 g/mol. The first-order chi connectivity index (χ1) is 9.54. The second-order valence-corrected chi connectivity index (χ2v) is 4.78. The number of hydrogen-bond donors (Lipinski definition) is 2. The van der Waals surface area contributed by atoms with Gasteiger partial charge in [-0.2, -0.15) is 0 Å². The van der Waals surface area contributed by atoms with Gasteiger partial charge in [0.15, 0.2) is 6.61 Å². The highest BCUT2D eigenvalue weighted by Crippen LogP contribution is 2.19. The summed E-state index contributed by atoms with van der Waals surface area (Å²) < 4.78 is 4.89. The summed E-state index contributed by atoms with van der Waals surface area (Å²) in [7, 11) is 0. The Kier molecular flexibility index (Phi) is 6.87. The standard InChI is InChI=1S/C14H19ClN2O3/c1-2-3-4-7-17-13(18)9-20-14(19)10-5-6-11(15)12(16)8-10/h5-6,8H,2-4,7,9,16H2,1H3,(H,17,18). The average molecular weight is 299 g/mol. The van der Waals surface area contributed by atoms with E-state index in [0.29, 0.717) is 17.3 Å². The molecule has 0 fully saturated rings. The van der Waals surface area contributed by atoms with Crippen LogP contribution in [-0.2, 0) is 9.53 Å². The molecule has 5 nitrogen and oxygen atoms in total. The van der Waals surface area contributed by atoms with E-state index in [0.717, 1.165) is 19.3 Å². The molecule has 0 unspecified atom stereocenters. The van der Waals surface area contributed by atoms with Gasteiger partial charge < -0.3 is 15.8 Å². The van der Waals surface area contributed by atoms with Crippen molar-refractivity contribution in [2.24, 2.45) is 0 Å². The van der Waals surface area contributed by atoms with E-state index in [-0.39, 0.29) is 18.1 Å². The number of nitrogens with one attached hydrogen (secondary N) is 1. The van der Waals surface area contributed by atoms with E-state index >= 15 is 0 Å². The third kappa shape index (κ3) is 5.48. The molecule has 0 atom stereocenters. The first-order valence-electron chi connectivity index (χ1n) is 6.53. The van der Waals surface area contributed by atoms with Gasteiger partial charge in [0.2, 0.25) is 0 Å². The molecule has 0 bridgehead atoms. The summed E-state index contributed by atoms with van der Waals surface area (Å²) in [4.78, 5) is 23.1. The number of rotatable bonds is 7. The number of nitrogens with two attached hydrogens (primary N) is 1. The lowest BCUT2D eigenvalue weighted by Crippen LogP contribution is -2.29. The predicted octanol–water partition coefficient (Wildman–Crippen LogP) is 2.39. The Hall–Kier alpha value is -1.75. The summed E-state index contributed by atoms with van der Waals surface area (Å²) in [5.74, 6) is -0.909. The van der Waals surface area contributed by atoms with Crippen LogP contribution in [0.15, 0.2) is 18.2 Å². The summed E-state index contributed by atoms with van der Waals surface area (Å²) in [6.07, 6.45) is 3.07. The molecule has 6 heteroatoms. The molecule has 1 rings (SSSR count). The number of hydrogen-bond acceptors (Lipinski definition) is 4. The Bertz CT molecular complexity index is 477. The zero-order valence-corrected chi connectivity index (χ0v) is 12.2. The first kappa shape index (κ1) is 16.3. The van der Waals surface area contributed by atoms with Crippen LogP contribution in [0.25, 0.3) is 0 Å². The van der Waals surface area contributed by atoms with Crippen molar-refractivity contribution in [3.8, 4) is 0 Å². The summed E-state index contributed by atoms with van der Waals surface area (Å²) >= 11 is 5.75. The predicted molar refractivity (Wildman–Crippen MR) is 78.7 cm³/mol. The zero-order valence-electron chi connectivity index (χ0n) is 11.4. The van der Waals surface area contributed by atoms with Crippen LogP contribution in [0.4, 0.5) is 5.69 Å². The van der Waals surface area contributed by atoms with Gasteiger partial charge in [0.1, 0.15) is 0 Å². The van der Waals surface area contributed by atoms with E-state index < -0.39 is 5.97 Å². The summed E-state index contributed by atoms with van der Waals surface area (Å²) in [5, 5.41) is 3.05.